The Balaban J connectivity index is 1.38. The molecule has 0 bridgehead atoms. The normalized spacial score (nSPS) is 22.6. The lowest BCUT2D eigenvalue weighted by molar-refractivity contribution is -0.137. The van der Waals surface area contributed by atoms with Crippen molar-refractivity contribution in [3.05, 3.63) is 35.9 Å². The minimum absolute atomic E-state index is 0.0543. The number of rotatable bonds is 6. The second-order valence-electron chi connectivity index (χ2n) is 7.90. The summed E-state index contributed by atoms with van der Waals surface area (Å²) >= 11 is 0. The SMILES string of the molecule is CC(Cc1ccccc1)NC(=O)CN1CCN(C(=O)C2CCCN2C)CC1. The van der Waals surface area contributed by atoms with Gasteiger partial charge < -0.3 is 10.2 Å². The quantitative estimate of drug-likeness (QED) is 0.809. The van der Waals surface area contributed by atoms with Crippen LogP contribution in [0.2, 0.25) is 0 Å². The largest absolute Gasteiger partial charge is 0.352 e. The van der Waals surface area contributed by atoms with Crippen LogP contribution >= 0.6 is 0 Å². The second kappa shape index (κ2) is 9.33. The Hall–Kier alpha value is -1.92. The van der Waals surface area contributed by atoms with Gasteiger partial charge in [0, 0.05) is 32.2 Å². The second-order valence-corrected chi connectivity index (χ2v) is 7.90. The minimum Gasteiger partial charge on any atom is -0.352 e. The maximum atomic E-state index is 12.6. The summed E-state index contributed by atoms with van der Waals surface area (Å²) in [6.07, 6.45) is 2.91. The number of carbonyl (C=O) groups excluding carboxylic acids is 2. The molecule has 3 rings (SSSR count). The summed E-state index contributed by atoms with van der Waals surface area (Å²) in [5, 5.41) is 3.09. The van der Waals surface area contributed by atoms with Crippen molar-refractivity contribution in [1.29, 1.82) is 0 Å². The van der Waals surface area contributed by atoms with Gasteiger partial charge in [-0.25, -0.2) is 0 Å². The van der Waals surface area contributed by atoms with E-state index in [0.717, 1.165) is 52.0 Å². The number of piperazine rings is 1. The summed E-state index contributed by atoms with van der Waals surface area (Å²) in [6.45, 7) is 6.43. The van der Waals surface area contributed by atoms with Crippen LogP contribution in [-0.2, 0) is 16.0 Å². The van der Waals surface area contributed by atoms with Gasteiger partial charge in [0.15, 0.2) is 0 Å². The Morgan fingerprint density at radius 2 is 1.81 bits per heavy atom. The molecule has 0 radical (unpaired) electrons. The number of amides is 2. The lowest BCUT2D eigenvalue weighted by Crippen LogP contribution is -2.54. The summed E-state index contributed by atoms with van der Waals surface area (Å²) in [6, 6.07) is 10.4. The van der Waals surface area contributed by atoms with Crippen molar-refractivity contribution in [1.82, 2.24) is 20.0 Å². The molecule has 148 valence electrons. The molecule has 1 aromatic carbocycles. The molecule has 0 spiro atoms. The van der Waals surface area contributed by atoms with Gasteiger partial charge in [0.2, 0.25) is 11.8 Å². The Kier molecular flexibility index (Phi) is 6.85. The number of hydrogen-bond acceptors (Lipinski definition) is 4. The molecular formula is C21H32N4O2. The highest BCUT2D eigenvalue weighted by atomic mass is 16.2. The van der Waals surface area contributed by atoms with Crippen molar-refractivity contribution in [2.75, 3.05) is 46.3 Å². The smallest absolute Gasteiger partial charge is 0.240 e. The van der Waals surface area contributed by atoms with E-state index in [4.69, 9.17) is 0 Å². The van der Waals surface area contributed by atoms with E-state index in [1.165, 1.54) is 5.56 Å². The fourth-order valence-electron chi connectivity index (χ4n) is 4.10. The summed E-state index contributed by atoms with van der Waals surface area (Å²) in [5.74, 6) is 0.323. The minimum atomic E-state index is 0.0543. The van der Waals surface area contributed by atoms with E-state index < -0.39 is 0 Å². The van der Waals surface area contributed by atoms with Crippen molar-refractivity contribution in [3.8, 4) is 0 Å². The zero-order chi connectivity index (χ0) is 19.2. The topological polar surface area (TPSA) is 55.9 Å². The zero-order valence-corrected chi connectivity index (χ0v) is 16.6. The fourth-order valence-corrected chi connectivity index (χ4v) is 4.10. The van der Waals surface area contributed by atoms with Crippen molar-refractivity contribution >= 4 is 11.8 Å². The molecule has 2 unspecified atom stereocenters. The zero-order valence-electron chi connectivity index (χ0n) is 16.6. The molecule has 2 amide bonds. The Morgan fingerprint density at radius 3 is 2.44 bits per heavy atom. The maximum Gasteiger partial charge on any atom is 0.240 e. The Labute approximate surface area is 162 Å². The third kappa shape index (κ3) is 5.53. The lowest BCUT2D eigenvalue weighted by atomic mass is 10.1. The Morgan fingerprint density at radius 1 is 1.11 bits per heavy atom. The highest BCUT2D eigenvalue weighted by molar-refractivity contribution is 5.82. The Bertz CT molecular complexity index is 628. The van der Waals surface area contributed by atoms with Gasteiger partial charge in [0.25, 0.3) is 0 Å². The van der Waals surface area contributed by atoms with E-state index in [1.54, 1.807) is 0 Å². The number of benzene rings is 1. The molecule has 6 nitrogen and oxygen atoms in total. The van der Waals surface area contributed by atoms with Crippen LogP contribution in [0.3, 0.4) is 0 Å². The third-order valence-corrected chi connectivity index (χ3v) is 5.65. The predicted octanol–water partition coefficient (Wildman–Crippen LogP) is 0.972. The monoisotopic (exact) mass is 372 g/mol. The van der Waals surface area contributed by atoms with Gasteiger partial charge in [-0.05, 0) is 45.3 Å². The van der Waals surface area contributed by atoms with E-state index in [1.807, 2.05) is 37.1 Å². The predicted molar refractivity (Wildman–Crippen MR) is 106 cm³/mol. The summed E-state index contributed by atoms with van der Waals surface area (Å²) < 4.78 is 0. The summed E-state index contributed by atoms with van der Waals surface area (Å²) in [7, 11) is 2.03. The summed E-state index contributed by atoms with van der Waals surface area (Å²) in [5.41, 5.74) is 1.23. The molecule has 0 saturated carbocycles. The number of likely N-dealkylation sites (N-methyl/N-ethyl adjacent to an activating group) is 1. The van der Waals surface area contributed by atoms with Crippen LogP contribution in [0.1, 0.15) is 25.3 Å². The molecule has 2 aliphatic rings. The van der Waals surface area contributed by atoms with Crippen molar-refractivity contribution in [3.63, 3.8) is 0 Å². The molecule has 6 heteroatoms. The first-order chi connectivity index (χ1) is 13.0. The standard InChI is InChI=1S/C21H32N4O2/c1-17(15-18-7-4-3-5-8-18)22-20(26)16-24-11-13-25(14-12-24)21(27)19-9-6-10-23(19)2/h3-5,7-8,17,19H,6,9-16H2,1-2H3,(H,22,26). The van der Waals surface area contributed by atoms with Gasteiger partial charge in [0.1, 0.15) is 0 Å². The molecule has 27 heavy (non-hydrogen) atoms. The van der Waals surface area contributed by atoms with Gasteiger partial charge in [-0.15, -0.1) is 0 Å². The molecule has 2 aliphatic heterocycles. The highest BCUT2D eigenvalue weighted by Crippen LogP contribution is 2.18. The van der Waals surface area contributed by atoms with Crippen LogP contribution in [0.5, 0.6) is 0 Å². The van der Waals surface area contributed by atoms with Gasteiger partial charge in [-0.2, -0.15) is 0 Å². The first-order valence-electron chi connectivity index (χ1n) is 10.1. The molecular weight excluding hydrogens is 340 g/mol. The number of nitrogens with one attached hydrogen (secondary N) is 1. The van der Waals surface area contributed by atoms with Gasteiger partial charge in [-0.3, -0.25) is 19.4 Å². The van der Waals surface area contributed by atoms with E-state index in [0.29, 0.717) is 6.54 Å². The van der Waals surface area contributed by atoms with E-state index in [2.05, 4.69) is 27.2 Å². The van der Waals surface area contributed by atoms with E-state index in [-0.39, 0.29) is 23.9 Å². The average Bonchev–Trinajstić information content (AvgIpc) is 3.08. The van der Waals surface area contributed by atoms with Gasteiger partial charge >= 0.3 is 0 Å². The third-order valence-electron chi connectivity index (χ3n) is 5.65. The molecule has 0 aromatic heterocycles. The van der Waals surface area contributed by atoms with Crippen molar-refractivity contribution in [2.45, 2.75) is 38.3 Å². The van der Waals surface area contributed by atoms with Crippen molar-refractivity contribution in [2.24, 2.45) is 0 Å². The maximum absolute atomic E-state index is 12.6. The number of hydrogen-bond donors (Lipinski definition) is 1. The van der Waals surface area contributed by atoms with Gasteiger partial charge in [0.05, 0.1) is 12.6 Å². The van der Waals surface area contributed by atoms with Crippen LogP contribution < -0.4 is 5.32 Å². The highest BCUT2D eigenvalue weighted by Gasteiger charge is 2.32. The molecule has 2 atom stereocenters. The lowest BCUT2D eigenvalue weighted by Gasteiger charge is -2.36. The van der Waals surface area contributed by atoms with Crippen LogP contribution in [0.4, 0.5) is 0 Å². The van der Waals surface area contributed by atoms with Crippen LogP contribution in [0, 0.1) is 0 Å². The molecule has 1 aromatic rings. The van der Waals surface area contributed by atoms with E-state index >= 15 is 0 Å². The first kappa shape index (κ1) is 19.8. The molecule has 0 aliphatic carbocycles. The van der Waals surface area contributed by atoms with Crippen LogP contribution in [-0.4, -0.2) is 84.9 Å². The first-order valence-corrected chi connectivity index (χ1v) is 10.1. The molecule has 2 heterocycles. The number of likely N-dealkylation sites (tertiary alicyclic amines) is 1. The van der Waals surface area contributed by atoms with E-state index in [9.17, 15) is 9.59 Å². The van der Waals surface area contributed by atoms with Crippen molar-refractivity contribution < 1.29 is 9.59 Å². The molecule has 2 fully saturated rings. The number of carbonyl (C=O) groups is 2. The number of nitrogens with zero attached hydrogens (tertiary/aromatic N) is 3. The van der Waals surface area contributed by atoms with Gasteiger partial charge in [-0.1, -0.05) is 30.3 Å². The van der Waals surface area contributed by atoms with Crippen LogP contribution in [0.25, 0.3) is 0 Å². The molecule has 1 N–H and O–H groups in total. The molecule has 2 saturated heterocycles. The average molecular weight is 373 g/mol. The van der Waals surface area contributed by atoms with Crippen LogP contribution in [0.15, 0.2) is 30.3 Å². The fraction of sp³-hybridized carbons (Fsp3) is 0.619. The summed E-state index contributed by atoms with van der Waals surface area (Å²) in [4.78, 5) is 31.3.